The fraction of sp³-hybridized carbons (Fsp3) is 0.192. The summed E-state index contributed by atoms with van der Waals surface area (Å²) in [5, 5.41) is 4.83. The third-order valence-electron chi connectivity index (χ3n) is 6.31. The number of carbonyl (C=O) groups is 1. The second kappa shape index (κ2) is 8.52. The van der Waals surface area contributed by atoms with E-state index in [9.17, 15) is 9.18 Å². The summed E-state index contributed by atoms with van der Waals surface area (Å²) in [5.41, 5.74) is 5.08. The van der Waals surface area contributed by atoms with E-state index in [-0.39, 0.29) is 24.1 Å². The van der Waals surface area contributed by atoms with Crippen LogP contribution in [0.15, 0.2) is 73.4 Å². The Morgan fingerprint density at radius 1 is 1.06 bits per heavy atom. The van der Waals surface area contributed by atoms with Gasteiger partial charge in [0.1, 0.15) is 11.5 Å². The summed E-state index contributed by atoms with van der Waals surface area (Å²) in [7, 11) is 2.08. The Balaban J connectivity index is 1.38. The molecule has 1 saturated heterocycles. The molecular formula is C26H22FN7O. The van der Waals surface area contributed by atoms with Crippen LogP contribution in [0.1, 0.15) is 22.1 Å². The highest BCUT2D eigenvalue weighted by atomic mass is 19.1. The van der Waals surface area contributed by atoms with Gasteiger partial charge in [0.2, 0.25) is 0 Å². The van der Waals surface area contributed by atoms with Crippen molar-refractivity contribution in [2.75, 3.05) is 20.1 Å². The highest BCUT2D eigenvalue weighted by molar-refractivity contribution is 5.97. The van der Waals surface area contributed by atoms with Crippen LogP contribution in [-0.2, 0) is 6.42 Å². The number of Topliss-reactive ketones (excluding diaryl/α,β-unsaturated/α-hetero) is 1. The Labute approximate surface area is 200 Å². The molecule has 4 aromatic heterocycles. The molecule has 174 valence electrons. The van der Waals surface area contributed by atoms with Crippen LogP contribution in [0.4, 0.5) is 4.39 Å². The predicted molar refractivity (Wildman–Crippen MR) is 128 cm³/mol. The number of benzene rings is 1. The van der Waals surface area contributed by atoms with E-state index in [1.807, 2.05) is 18.5 Å². The van der Waals surface area contributed by atoms with Crippen molar-refractivity contribution in [3.8, 4) is 22.6 Å². The molecule has 9 heteroatoms. The number of likely N-dealkylation sites (tertiary alicyclic amines) is 1. The number of halogens is 1. The van der Waals surface area contributed by atoms with Crippen molar-refractivity contribution < 1.29 is 9.18 Å². The third kappa shape index (κ3) is 4.00. The Kier molecular flexibility index (Phi) is 5.18. The quantitative estimate of drug-likeness (QED) is 0.354. The molecule has 0 saturated carbocycles. The summed E-state index contributed by atoms with van der Waals surface area (Å²) in [6.07, 6.45) is 7.01. The number of rotatable bonds is 6. The largest absolute Gasteiger partial charge is 0.323 e. The van der Waals surface area contributed by atoms with E-state index in [1.54, 1.807) is 47.4 Å². The molecule has 6 rings (SSSR count). The monoisotopic (exact) mass is 467 g/mol. The molecular weight excluding hydrogens is 445 g/mol. The molecule has 1 aliphatic heterocycles. The summed E-state index contributed by atoms with van der Waals surface area (Å²) >= 11 is 0. The minimum Gasteiger partial charge on any atom is -0.323 e. The summed E-state index contributed by atoms with van der Waals surface area (Å²) in [6.45, 7) is 1.83. The number of nitrogens with zero attached hydrogens (tertiary/aromatic N) is 7. The number of fused-ring (bicyclic) bond motifs is 1. The van der Waals surface area contributed by atoms with Gasteiger partial charge in [-0.25, -0.2) is 18.9 Å². The number of hydrogen-bond acceptors (Lipinski definition) is 6. The van der Waals surface area contributed by atoms with Gasteiger partial charge in [-0.15, -0.1) is 0 Å². The maximum Gasteiger partial charge on any atom is 0.168 e. The van der Waals surface area contributed by atoms with E-state index < -0.39 is 0 Å². The number of hydrogen-bond donors (Lipinski definition) is 0. The van der Waals surface area contributed by atoms with E-state index in [0.29, 0.717) is 16.9 Å². The lowest BCUT2D eigenvalue weighted by Gasteiger charge is -2.37. The Hall–Kier alpha value is -4.24. The zero-order chi connectivity index (χ0) is 23.9. The first-order chi connectivity index (χ1) is 17.0. The molecule has 0 radical (unpaired) electrons. The van der Waals surface area contributed by atoms with Crippen LogP contribution < -0.4 is 0 Å². The third-order valence-corrected chi connectivity index (χ3v) is 6.31. The van der Waals surface area contributed by atoms with Crippen molar-refractivity contribution in [2.45, 2.75) is 12.5 Å². The minimum absolute atomic E-state index is 0.0261. The molecule has 0 spiro atoms. The second-order valence-electron chi connectivity index (χ2n) is 8.82. The molecule has 35 heavy (non-hydrogen) atoms. The lowest BCUT2D eigenvalue weighted by atomic mass is 10.1. The number of imidazole rings is 2. The first kappa shape index (κ1) is 21.3. The minimum atomic E-state index is -0.290. The van der Waals surface area contributed by atoms with Gasteiger partial charge in [0.05, 0.1) is 42.1 Å². The fourth-order valence-electron chi connectivity index (χ4n) is 4.50. The number of ketones is 1. The molecule has 1 fully saturated rings. The van der Waals surface area contributed by atoms with Crippen molar-refractivity contribution in [3.63, 3.8) is 0 Å². The maximum atomic E-state index is 13.6. The first-order valence-corrected chi connectivity index (χ1v) is 11.4. The van der Waals surface area contributed by atoms with Crippen LogP contribution in [0.3, 0.4) is 0 Å². The molecule has 8 nitrogen and oxygen atoms in total. The fourth-order valence-corrected chi connectivity index (χ4v) is 4.50. The summed E-state index contributed by atoms with van der Waals surface area (Å²) < 4.78 is 17.4. The number of likely N-dealkylation sites (N-methyl/N-ethyl adjacent to an activating group) is 1. The molecule has 0 atom stereocenters. The van der Waals surface area contributed by atoms with Crippen molar-refractivity contribution in [3.05, 3.63) is 90.5 Å². The Morgan fingerprint density at radius 3 is 2.57 bits per heavy atom. The van der Waals surface area contributed by atoms with Crippen LogP contribution >= 0.6 is 0 Å². The van der Waals surface area contributed by atoms with Crippen molar-refractivity contribution in [1.82, 2.24) is 34.0 Å². The Bertz CT molecular complexity index is 1520. The van der Waals surface area contributed by atoms with Crippen LogP contribution in [0.25, 0.3) is 28.3 Å². The smallest absolute Gasteiger partial charge is 0.168 e. The standard InChI is InChI=1S/C26H22FN7O/c1-32-14-21(15-32)33-16-29-25(18-2-4-19(27)5-3-18)26(33)22-6-7-24-30-20(13-34(24)31-22)12-23(35)17-8-10-28-11-9-17/h2-11,13,16,21H,12,14-15H2,1H3. The van der Waals surface area contributed by atoms with Gasteiger partial charge in [-0.3, -0.25) is 9.78 Å². The number of aromatic nitrogens is 6. The summed E-state index contributed by atoms with van der Waals surface area (Å²) in [5.74, 6) is -0.316. The molecule has 0 N–H and O–H groups in total. The van der Waals surface area contributed by atoms with E-state index in [1.165, 1.54) is 12.1 Å². The number of pyridine rings is 1. The maximum absolute atomic E-state index is 13.6. The Morgan fingerprint density at radius 2 is 1.83 bits per heavy atom. The lowest BCUT2D eigenvalue weighted by molar-refractivity contribution is 0.0992. The van der Waals surface area contributed by atoms with Gasteiger partial charge in [-0.1, -0.05) is 0 Å². The SMILES string of the molecule is CN1CC(n2cnc(-c3ccc(F)cc3)c2-c2ccc3nc(CC(=O)c4ccncc4)cn3n2)C1. The highest BCUT2D eigenvalue weighted by Gasteiger charge is 2.29. The summed E-state index contributed by atoms with van der Waals surface area (Å²) in [6, 6.07) is 13.8. The normalized spacial score (nSPS) is 14.3. The molecule has 0 unspecified atom stereocenters. The average molecular weight is 468 g/mol. The van der Waals surface area contributed by atoms with Gasteiger partial charge in [0, 0.05) is 36.6 Å². The van der Waals surface area contributed by atoms with Crippen LogP contribution in [0.2, 0.25) is 0 Å². The molecule has 1 aliphatic rings. The molecule has 5 aromatic rings. The molecule has 0 bridgehead atoms. The molecule has 0 amide bonds. The van der Waals surface area contributed by atoms with Crippen molar-refractivity contribution in [2.24, 2.45) is 0 Å². The topological polar surface area (TPSA) is 81.2 Å². The van der Waals surface area contributed by atoms with E-state index in [2.05, 4.69) is 31.5 Å². The van der Waals surface area contributed by atoms with Gasteiger partial charge in [0.25, 0.3) is 0 Å². The lowest BCUT2D eigenvalue weighted by Crippen LogP contribution is -2.44. The zero-order valence-electron chi connectivity index (χ0n) is 19.0. The van der Waals surface area contributed by atoms with Crippen LogP contribution in [0.5, 0.6) is 0 Å². The number of carbonyl (C=O) groups excluding carboxylic acids is 1. The van der Waals surface area contributed by atoms with Crippen molar-refractivity contribution in [1.29, 1.82) is 0 Å². The van der Waals surface area contributed by atoms with E-state index in [0.717, 1.165) is 35.7 Å². The van der Waals surface area contributed by atoms with Gasteiger partial charge >= 0.3 is 0 Å². The van der Waals surface area contributed by atoms with Crippen molar-refractivity contribution >= 4 is 11.4 Å². The van der Waals surface area contributed by atoms with Gasteiger partial charge in [-0.05, 0) is 55.6 Å². The predicted octanol–water partition coefficient (Wildman–Crippen LogP) is 3.71. The zero-order valence-corrected chi connectivity index (χ0v) is 19.0. The summed E-state index contributed by atoms with van der Waals surface area (Å²) in [4.78, 5) is 28.1. The van der Waals surface area contributed by atoms with Crippen LogP contribution in [0, 0.1) is 5.82 Å². The molecule has 0 aliphatic carbocycles. The molecule has 1 aromatic carbocycles. The average Bonchev–Trinajstić information content (AvgIpc) is 3.46. The van der Waals surface area contributed by atoms with Gasteiger partial charge < -0.3 is 9.47 Å². The molecule has 5 heterocycles. The van der Waals surface area contributed by atoms with E-state index in [4.69, 9.17) is 5.10 Å². The first-order valence-electron chi connectivity index (χ1n) is 11.4. The van der Waals surface area contributed by atoms with Gasteiger partial charge in [0.15, 0.2) is 11.4 Å². The highest BCUT2D eigenvalue weighted by Crippen LogP contribution is 2.34. The van der Waals surface area contributed by atoms with E-state index >= 15 is 0 Å². The van der Waals surface area contributed by atoms with Gasteiger partial charge in [-0.2, -0.15) is 5.10 Å². The second-order valence-corrected chi connectivity index (χ2v) is 8.82. The van der Waals surface area contributed by atoms with Crippen LogP contribution in [-0.4, -0.2) is 60.0 Å².